The second kappa shape index (κ2) is 6.90. The monoisotopic (exact) mass is 476 g/mol. The number of hydrogen-bond donors (Lipinski definition) is 4. The van der Waals surface area contributed by atoms with Crippen molar-refractivity contribution in [1.82, 2.24) is 0 Å². The van der Waals surface area contributed by atoms with Gasteiger partial charge in [0.25, 0.3) is 0 Å². The van der Waals surface area contributed by atoms with Crippen LogP contribution in [0.25, 0.3) is 0 Å². The topological polar surface area (TPSA) is 141 Å². The largest absolute Gasteiger partial charge is 0.507 e. The van der Waals surface area contributed by atoms with Crippen LogP contribution in [0.3, 0.4) is 0 Å². The summed E-state index contributed by atoms with van der Waals surface area (Å²) in [6.45, 7) is 0. The maximum Gasteiger partial charge on any atom is 0.202 e. The first kappa shape index (κ1) is 20.5. The van der Waals surface area contributed by atoms with Crippen LogP contribution in [-0.4, -0.2) is 55.8 Å². The van der Waals surface area contributed by atoms with E-state index >= 15 is 0 Å². The van der Waals surface area contributed by atoms with E-state index in [9.17, 15) is 34.8 Å². The molecule has 2 aliphatic rings. The maximum atomic E-state index is 13.2. The van der Waals surface area contributed by atoms with Crippen molar-refractivity contribution in [3.05, 3.63) is 51.6 Å². The zero-order chi connectivity index (χ0) is 22.0. The van der Waals surface area contributed by atoms with Crippen LogP contribution in [0, 0.1) is 0 Å². The third-order valence-corrected chi connectivity index (χ3v) is 6.24. The second-order valence-electron chi connectivity index (χ2n) is 7.37. The smallest absolute Gasteiger partial charge is 0.202 e. The Hall–Kier alpha value is -2.75. The molecule has 30 heavy (non-hydrogen) atoms. The molecule has 0 amide bonds. The van der Waals surface area contributed by atoms with Gasteiger partial charge < -0.3 is 25.2 Å². The first-order chi connectivity index (χ1) is 14.2. The van der Waals surface area contributed by atoms with Gasteiger partial charge in [-0.2, -0.15) is 0 Å². The molecule has 156 valence electrons. The van der Waals surface area contributed by atoms with Crippen LogP contribution < -0.4 is 4.74 Å². The molecule has 0 spiro atoms. The number of hydrogen-bond acceptors (Lipinski definition) is 8. The van der Waals surface area contributed by atoms with Crippen molar-refractivity contribution in [2.75, 3.05) is 12.4 Å². The van der Waals surface area contributed by atoms with Crippen LogP contribution in [0.4, 0.5) is 0 Å². The maximum absolute atomic E-state index is 13.2. The van der Waals surface area contributed by atoms with Crippen LogP contribution in [0.2, 0.25) is 0 Å². The molecule has 2 atom stereocenters. The van der Waals surface area contributed by atoms with Crippen molar-refractivity contribution >= 4 is 33.3 Å². The van der Waals surface area contributed by atoms with Crippen LogP contribution in [0.15, 0.2) is 18.2 Å². The minimum atomic E-state index is -2.00. The van der Waals surface area contributed by atoms with E-state index in [1.54, 1.807) is 0 Å². The number of fused-ring (bicyclic) bond motifs is 3. The summed E-state index contributed by atoms with van der Waals surface area (Å²) in [5, 5.41) is 42.9. The van der Waals surface area contributed by atoms with Gasteiger partial charge >= 0.3 is 0 Å². The van der Waals surface area contributed by atoms with E-state index in [0.717, 1.165) is 0 Å². The molecule has 4 rings (SSSR count). The number of rotatable bonds is 3. The van der Waals surface area contributed by atoms with E-state index in [0.29, 0.717) is 0 Å². The number of methoxy groups -OCH3 is 1. The molecule has 0 fully saturated rings. The summed E-state index contributed by atoms with van der Waals surface area (Å²) >= 11 is 2.97. The lowest BCUT2D eigenvalue weighted by molar-refractivity contribution is -0.139. The SMILES string of the molecule is COc1cccc2c1C(=O)c1c(O)c3c(c(O)c1C2=O)CC(O)(C(=O)CBr)CC3O. The molecule has 2 aliphatic carbocycles. The Labute approximate surface area is 178 Å². The van der Waals surface area contributed by atoms with Gasteiger partial charge in [0.1, 0.15) is 22.8 Å². The summed E-state index contributed by atoms with van der Waals surface area (Å²) in [5.41, 5.74) is -3.26. The third-order valence-electron chi connectivity index (χ3n) is 5.74. The number of alkyl halides is 1. The molecule has 0 aliphatic heterocycles. The van der Waals surface area contributed by atoms with Gasteiger partial charge in [-0.3, -0.25) is 14.4 Å². The molecule has 2 aromatic carbocycles. The molecule has 2 aromatic rings. The average Bonchev–Trinajstić information content (AvgIpc) is 2.72. The normalized spacial score (nSPS) is 22.2. The predicted molar refractivity (Wildman–Crippen MR) is 107 cm³/mol. The van der Waals surface area contributed by atoms with Crippen LogP contribution in [0.1, 0.15) is 55.5 Å². The highest BCUT2D eigenvalue weighted by Crippen LogP contribution is 2.51. The van der Waals surface area contributed by atoms with Crippen molar-refractivity contribution in [3.8, 4) is 17.2 Å². The Morgan fingerprint density at radius 3 is 2.47 bits per heavy atom. The molecular formula is C21H17BrO8. The summed E-state index contributed by atoms with van der Waals surface area (Å²) in [5.74, 6) is -3.26. The Balaban J connectivity index is 2.01. The van der Waals surface area contributed by atoms with Crippen molar-refractivity contribution in [2.24, 2.45) is 0 Å². The minimum absolute atomic E-state index is 0.00958. The van der Waals surface area contributed by atoms with Gasteiger partial charge in [0.15, 0.2) is 11.6 Å². The highest BCUT2D eigenvalue weighted by atomic mass is 79.9. The molecule has 0 saturated carbocycles. The standard InChI is InChI=1S/C21H17BrO8/c1-30-11-4-2-3-8-14(11)20(28)16-15(17(8)25)18(26)9-5-21(29,12(24)7-22)6-10(23)13(9)19(16)27/h2-4,10,23,26-27,29H,5-7H2,1H3. The number of phenols is 2. The molecule has 9 heteroatoms. The minimum Gasteiger partial charge on any atom is -0.507 e. The summed E-state index contributed by atoms with van der Waals surface area (Å²) in [6.07, 6.45) is -2.40. The number of aliphatic hydroxyl groups is 2. The van der Waals surface area contributed by atoms with Gasteiger partial charge in [-0.05, 0) is 6.07 Å². The summed E-state index contributed by atoms with van der Waals surface area (Å²) < 4.78 is 5.17. The van der Waals surface area contributed by atoms with Crippen molar-refractivity contribution < 1.29 is 39.5 Å². The third kappa shape index (κ3) is 2.62. The van der Waals surface area contributed by atoms with Crippen molar-refractivity contribution in [3.63, 3.8) is 0 Å². The van der Waals surface area contributed by atoms with Crippen molar-refractivity contribution in [2.45, 2.75) is 24.5 Å². The molecular weight excluding hydrogens is 460 g/mol. The number of benzene rings is 2. The average molecular weight is 477 g/mol. The predicted octanol–water partition coefficient (Wildman–Crippen LogP) is 1.56. The fourth-order valence-corrected chi connectivity index (χ4v) is 4.80. The summed E-state index contributed by atoms with van der Waals surface area (Å²) in [4.78, 5) is 38.5. The van der Waals surface area contributed by atoms with Gasteiger partial charge in [-0.1, -0.05) is 28.1 Å². The first-order valence-corrected chi connectivity index (χ1v) is 10.1. The highest BCUT2D eigenvalue weighted by Gasteiger charge is 2.48. The van der Waals surface area contributed by atoms with Crippen molar-refractivity contribution in [1.29, 1.82) is 0 Å². The quantitative estimate of drug-likeness (QED) is 0.329. The second-order valence-corrected chi connectivity index (χ2v) is 7.93. The first-order valence-electron chi connectivity index (χ1n) is 9.03. The zero-order valence-electron chi connectivity index (χ0n) is 15.7. The van der Waals surface area contributed by atoms with E-state index in [4.69, 9.17) is 4.74 Å². The number of ether oxygens (including phenoxy) is 1. The van der Waals surface area contributed by atoms with Crippen LogP contribution in [0.5, 0.6) is 17.2 Å². The molecule has 0 radical (unpaired) electrons. The van der Waals surface area contributed by atoms with Gasteiger partial charge in [0, 0.05) is 29.5 Å². The van der Waals surface area contributed by atoms with Gasteiger partial charge in [-0.25, -0.2) is 0 Å². The molecule has 8 nitrogen and oxygen atoms in total. The van der Waals surface area contributed by atoms with E-state index in [1.807, 2.05) is 0 Å². The fourth-order valence-electron chi connectivity index (χ4n) is 4.28. The molecule has 0 aromatic heterocycles. The molecule has 2 unspecified atom stereocenters. The molecule has 0 bridgehead atoms. The van der Waals surface area contributed by atoms with Gasteiger partial charge in [-0.15, -0.1) is 0 Å². The Morgan fingerprint density at radius 1 is 1.17 bits per heavy atom. The number of aromatic hydroxyl groups is 2. The Kier molecular flexibility index (Phi) is 4.72. The number of ketones is 3. The van der Waals surface area contributed by atoms with E-state index < -0.39 is 64.5 Å². The molecule has 0 saturated heterocycles. The lowest BCUT2D eigenvalue weighted by Crippen LogP contribution is -2.46. The number of halogens is 1. The fraction of sp³-hybridized carbons (Fsp3) is 0.286. The molecule has 0 heterocycles. The molecule has 4 N–H and O–H groups in total. The highest BCUT2D eigenvalue weighted by molar-refractivity contribution is 9.09. The van der Waals surface area contributed by atoms with Gasteiger partial charge in [0.05, 0.1) is 35.2 Å². The summed E-state index contributed by atoms with van der Waals surface area (Å²) in [7, 11) is 1.33. The Morgan fingerprint density at radius 2 is 1.83 bits per heavy atom. The van der Waals surface area contributed by atoms with E-state index in [1.165, 1.54) is 25.3 Å². The number of carbonyl (C=O) groups excluding carboxylic acids is 3. The van der Waals surface area contributed by atoms with E-state index in [2.05, 4.69) is 15.9 Å². The number of aliphatic hydroxyl groups excluding tert-OH is 1. The number of Topliss-reactive ketones (excluding diaryl/α,β-unsaturated/α-hetero) is 1. The lowest BCUT2D eigenvalue weighted by Gasteiger charge is -2.36. The Bertz CT molecular complexity index is 1140. The lowest BCUT2D eigenvalue weighted by atomic mass is 9.72. The number of phenolic OH excluding ortho intramolecular Hbond substituents is 2. The van der Waals surface area contributed by atoms with E-state index in [-0.39, 0.29) is 33.3 Å². The summed E-state index contributed by atoms with van der Waals surface area (Å²) in [6, 6.07) is 4.40. The zero-order valence-corrected chi connectivity index (χ0v) is 17.3. The van der Waals surface area contributed by atoms with Crippen LogP contribution in [-0.2, 0) is 11.2 Å². The number of carbonyl (C=O) groups is 3. The van der Waals surface area contributed by atoms with Crippen LogP contribution >= 0.6 is 15.9 Å². The van der Waals surface area contributed by atoms with Gasteiger partial charge in [0.2, 0.25) is 5.78 Å².